The van der Waals surface area contributed by atoms with Gasteiger partial charge in [0.2, 0.25) is 5.91 Å². The first-order chi connectivity index (χ1) is 14.0. The van der Waals surface area contributed by atoms with Crippen molar-refractivity contribution < 1.29 is 9.90 Å². The number of carbonyl (C=O) groups excluding carboxylic acids is 1. The fraction of sp³-hybridized carbons (Fsp3) is 0.455. The van der Waals surface area contributed by atoms with Gasteiger partial charge in [-0.25, -0.2) is 4.99 Å². The van der Waals surface area contributed by atoms with Crippen molar-refractivity contribution in [3.8, 4) is 0 Å². The summed E-state index contributed by atoms with van der Waals surface area (Å²) < 4.78 is 0. The second-order valence-electron chi connectivity index (χ2n) is 7.45. The van der Waals surface area contributed by atoms with E-state index in [2.05, 4.69) is 27.1 Å². The molecule has 1 atom stereocenters. The summed E-state index contributed by atoms with van der Waals surface area (Å²) in [5.74, 6) is 0.761. The van der Waals surface area contributed by atoms with Gasteiger partial charge in [-0.3, -0.25) is 4.79 Å². The van der Waals surface area contributed by atoms with Crippen molar-refractivity contribution in [1.82, 2.24) is 15.5 Å². The first kappa shape index (κ1) is 21.3. The van der Waals surface area contributed by atoms with Gasteiger partial charge in [0, 0.05) is 37.5 Å². The fourth-order valence-electron chi connectivity index (χ4n) is 3.37. The van der Waals surface area contributed by atoms with Crippen LogP contribution in [0.15, 0.2) is 46.8 Å². The molecule has 0 fully saturated rings. The van der Waals surface area contributed by atoms with Gasteiger partial charge in [0.1, 0.15) is 5.60 Å². The summed E-state index contributed by atoms with van der Waals surface area (Å²) in [7, 11) is 0. The van der Waals surface area contributed by atoms with Gasteiger partial charge in [0.05, 0.1) is 6.54 Å². The Morgan fingerprint density at radius 1 is 1.28 bits per heavy atom. The highest BCUT2D eigenvalue weighted by atomic mass is 32.1. The number of nitrogens with zero attached hydrogens (tertiary/aromatic N) is 2. The number of guanidine groups is 1. The van der Waals surface area contributed by atoms with Gasteiger partial charge in [-0.2, -0.15) is 0 Å². The van der Waals surface area contributed by atoms with E-state index in [1.165, 1.54) is 10.4 Å². The molecule has 3 N–H and O–H groups in total. The second kappa shape index (κ2) is 9.89. The molecule has 156 valence electrons. The van der Waals surface area contributed by atoms with Gasteiger partial charge in [-0.1, -0.05) is 30.3 Å². The minimum absolute atomic E-state index is 0.154. The Balaban J connectivity index is 1.50. The van der Waals surface area contributed by atoms with Crippen LogP contribution in [0.5, 0.6) is 0 Å². The molecule has 2 aromatic rings. The maximum absolute atomic E-state index is 12.6. The average molecular weight is 415 g/mol. The van der Waals surface area contributed by atoms with E-state index in [0.29, 0.717) is 32.0 Å². The largest absolute Gasteiger partial charge is 0.384 e. The number of hydrogen-bond donors (Lipinski definition) is 3. The number of fused-ring (bicyclic) bond motifs is 1. The van der Waals surface area contributed by atoms with Crippen molar-refractivity contribution in [1.29, 1.82) is 0 Å². The highest BCUT2D eigenvalue weighted by Gasteiger charge is 2.23. The molecule has 0 saturated heterocycles. The Kier molecular flexibility index (Phi) is 7.28. The number of benzene rings is 1. The molecule has 0 spiro atoms. The molecule has 1 aromatic carbocycles. The Hall–Kier alpha value is -2.38. The maximum Gasteiger partial charge on any atom is 0.224 e. The summed E-state index contributed by atoms with van der Waals surface area (Å²) in [5.41, 5.74) is 1.05. The Morgan fingerprint density at radius 3 is 2.83 bits per heavy atom. The van der Waals surface area contributed by atoms with Crippen LogP contribution in [0.25, 0.3) is 0 Å². The number of rotatable bonds is 7. The zero-order valence-electron chi connectivity index (χ0n) is 17.1. The molecule has 7 heteroatoms. The Bertz CT molecular complexity index is 832. The highest BCUT2D eigenvalue weighted by molar-refractivity contribution is 7.10. The van der Waals surface area contributed by atoms with Crippen LogP contribution in [0.1, 0.15) is 36.3 Å². The normalized spacial score (nSPS) is 16.1. The molecule has 0 saturated carbocycles. The molecule has 1 unspecified atom stereocenters. The number of amides is 1. The average Bonchev–Trinajstić information content (AvgIpc) is 3.20. The van der Waals surface area contributed by atoms with Crippen LogP contribution in [-0.4, -0.2) is 48.1 Å². The van der Waals surface area contributed by atoms with Gasteiger partial charge in [-0.05, 0) is 42.8 Å². The van der Waals surface area contributed by atoms with E-state index in [1.807, 2.05) is 42.2 Å². The molecular weight excluding hydrogens is 384 g/mol. The monoisotopic (exact) mass is 414 g/mol. The minimum Gasteiger partial charge on any atom is -0.384 e. The predicted molar refractivity (Wildman–Crippen MR) is 118 cm³/mol. The molecule has 0 bridgehead atoms. The van der Waals surface area contributed by atoms with Gasteiger partial charge in [0.15, 0.2) is 5.96 Å². The number of aliphatic imine (C=N–C) groups is 1. The lowest BCUT2D eigenvalue weighted by molar-refractivity contribution is -0.131. The molecule has 1 aromatic heterocycles. The van der Waals surface area contributed by atoms with Crippen molar-refractivity contribution in [2.45, 2.75) is 38.8 Å². The molecule has 2 heterocycles. The lowest BCUT2D eigenvalue weighted by Gasteiger charge is -2.27. The van der Waals surface area contributed by atoms with E-state index < -0.39 is 5.60 Å². The van der Waals surface area contributed by atoms with Crippen LogP contribution >= 0.6 is 11.3 Å². The molecule has 3 rings (SSSR count). The molecule has 6 nitrogen and oxygen atoms in total. The van der Waals surface area contributed by atoms with Gasteiger partial charge in [0.25, 0.3) is 0 Å². The van der Waals surface area contributed by atoms with E-state index >= 15 is 0 Å². The molecule has 1 aliphatic heterocycles. The van der Waals surface area contributed by atoms with Crippen molar-refractivity contribution in [2.75, 3.05) is 26.2 Å². The van der Waals surface area contributed by atoms with Crippen molar-refractivity contribution in [3.63, 3.8) is 0 Å². The van der Waals surface area contributed by atoms with Crippen LogP contribution in [0.3, 0.4) is 0 Å². The van der Waals surface area contributed by atoms with E-state index in [9.17, 15) is 9.90 Å². The van der Waals surface area contributed by atoms with Crippen molar-refractivity contribution >= 4 is 23.2 Å². The third-order valence-electron chi connectivity index (χ3n) is 5.08. The quantitative estimate of drug-likeness (QED) is 0.481. The van der Waals surface area contributed by atoms with Crippen molar-refractivity contribution in [2.24, 2.45) is 4.99 Å². The van der Waals surface area contributed by atoms with Crippen LogP contribution in [0.2, 0.25) is 0 Å². The lowest BCUT2D eigenvalue weighted by atomic mass is 9.96. The van der Waals surface area contributed by atoms with Gasteiger partial charge >= 0.3 is 0 Å². The Morgan fingerprint density at radius 2 is 2.07 bits per heavy atom. The van der Waals surface area contributed by atoms with Crippen molar-refractivity contribution in [3.05, 3.63) is 57.8 Å². The maximum atomic E-state index is 12.6. The zero-order chi connectivity index (χ0) is 20.7. The molecule has 1 amide bonds. The van der Waals surface area contributed by atoms with E-state index in [4.69, 9.17) is 0 Å². The number of hydrogen-bond acceptors (Lipinski definition) is 4. The van der Waals surface area contributed by atoms with E-state index in [1.54, 1.807) is 18.3 Å². The minimum atomic E-state index is -1.05. The molecule has 0 aliphatic carbocycles. The molecular formula is C22H30N4O2S. The Labute approximate surface area is 176 Å². The van der Waals surface area contributed by atoms with E-state index in [-0.39, 0.29) is 12.5 Å². The van der Waals surface area contributed by atoms with Crippen LogP contribution in [-0.2, 0) is 23.4 Å². The third kappa shape index (κ3) is 5.81. The third-order valence-corrected chi connectivity index (χ3v) is 6.10. The fourth-order valence-corrected chi connectivity index (χ4v) is 4.26. The van der Waals surface area contributed by atoms with Crippen LogP contribution in [0, 0.1) is 0 Å². The first-order valence-corrected chi connectivity index (χ1v) is 11.0. The van der Waals surface area contributed by atoms with Gasteiger partial charge in [-0.15, -0.1) is 11.3 Å². The molecule has 1 aliphatic rings. The van der Waals surface area contributed by atoms with E-state index in [0.717, 1.165) is 18.5 Å². The standard InChI is InChI=1S/C22H30N4O2S/c1-3-23-21(25-16-22(2,28)18-7-5-4-6-8-18)24-12-9-20(27)26-13-10-19-17(15-26)11-14-29-19/h4-8,11,14,28H,3,9-10,12-13,15-16H2,1-2H3,(H2,23,24,25). The summed E-state index contributed by atoms with van der Waals surface area (Å²) in [5, 5.41) is 19.2. The summed E-state index contributed by atoms with van der Waals surface area (Å²) in [4.78, 5) is 20.4. The SMILES string of the molecule is CCNC(=NCC(C)(O)c1ccccc1)NCCC(=O)N1CCc2sccc2C1. The number of thiophene rings is 1. The highest BCUT2D eigenvalue weighted by Crippen LogP contribution is 2.24. The molecule has 29 heavy (non-hydrogen) atoms. The zero-order valence-corrected chi connectivity index (χ0v) is 18.0. The summed E-state index contributed by atoms with van der Waals surface area (Å²) in [6.45, 7) is 6.70. The van der Waals surface area contributed by atoms with Crippen LogP contribution < -0.4 is 10.6 Å². The van der Waals surface area contributed by atoms with Gasteiger partial charge < -0.3 is 20.6 Å². The number of carbonyl (C=O) groups is 1. The van der Waals surface area contributed by atoms with Crippen LogP contribution in [0.4, 0.5) is 0 Å². The number of aliphatic hydroxyl groups is 1. The summed E-state index contributed by atoms with van der Waals surface area (Å²) in [6, 6.07) is 11.6. The predicted octanol–water partition coefficient (Wildman–Crippen LogP) is 2.49. The summed E-state index contributed by atoms with van der Waals surface area (Å²) >= 11 is 1.78. The molecule has 0 radical (unpaired) electrons. The lowest BCUT2D eigenvalue weighted by Crippen LogP contribution is -2.41. The second-order valence-corrected chi connectivity index (χ2v) is 8.45. The topological polar surface area (TPSA) is 77.0 Å². The number of nitrogens with one attached hydrogen (secondary N) is 2. The smallest absolute Gasteiger partial charge is 0.224 e. The first-order valence-electron chi connectivity index (χ1n) is 10.1. The summed E-state index contributed by atoms with van der Waals surface area (Å²) in [6.07, 6.45) is 1.36.